The van der Waals surface area contributed by atoms with E-state index in [9.17, 15) is 14.4 Å². The molecular weight excluding hydrogens is 949 g/mol. The SMILES string of the molecule is CC/C=C\C/C=C\C/C=C\C/C=C\C/C=C\C/C=C\CCCCCCCCC(=O)OCC(COC(=O)CCCCCCC/C=C\CCCC)OC(=O)CCCCCCCCCCCCC/C=C\CCCCCCCCCC. The van der Waals surface area contributed by atoms with Crippen molar-refractivity contribution < 1.29 is 28.6 Å². The van der Waals surface area contributed by atoms with Crippen molar-refractivity contribution >= 4 is 17.9 Å². The predicted molar refractivity (Wildman–Crippen MR) is 334 cm³/mol. The van der Waals surface area contributed by atoms with Gasteiger partial charge in [0.15, 0.2) is 6.10 Å². The van der Waals surface area contributed by atoms with Gasteiger partial charge in [-0.25, -0.2) is 0 Å². The molecule has 1 atom stereocenters. The summed E-state index contributed by atoms with van der Waals surface area (Å²) >= 11 is 0. The lowest BCUT2D eigenvalue weighted by Gasteiger charge is -2.18. The number of ether oxygens (including phenoxy) is 3. The van der Waals surface area contributed by atoms with Gasteiger partial charge in [0, 0.05) is 19.3 Å². The zero-order valence-corrected chi connectivity index (χ0v) is 50.7. The summed E-state index contributed by atoms with van der Waals surface area (Å²) in [6.45, 7) is 6.49. The van der Waals surface area contributed by atoms with Gasteiger partial charge in [-0.2, -0.15) is 0 Å². The average Bonchev–Trinajstić information content (AvgIpc) is 3.43. The molecule has 0 aromatic rings. The summed E-state index contributed by atoms with van der Waals surface area (Å²) in [6.07, 6.45) is 87.1. The molecule has 0 saturated carbocycles. The largest absolute Gasteiger partial charge is 0.462 e. The van der Waals surface area contributed by atoms with Crippen LogP contribution in [-0.4, -0.2) is 37.2 Å². The summed E-state index contributed by atoms with van der Waals surface area (Å²) in [6, 6.07) is 0. The summed E-state index contributed by atoms with van der Waals surface area (Å²) in [7, 11) is 0. The maximum Gasteiger partial charge on any atom is 0.306 e. The first-order valence-corrected chi connectivity index (χ1v) is 32.7. The number of allylic oxidation sites excluding steroid dienone is 16. The number of unbranched alkanes of at least 4 members (excludes halogenated alkanes) is 32. The van der Waals surface area contributed by atoms with Crippen LogP contribution in [0.4, 0.5) is 0 Å². The predicted octanol–water partition coefficient (Wildman–Crippen LogP) is 22.4. The molecule has 442 valence electrons. The Morgan fingerprint density at radius 1 is 0.273 bits per heavy atom. The van der Waals surface area contributed by atoms with E-state index in [1.165, 1.54) is 161 Å². The van der Waals surface area contributed by atoms with Gasteiger partial charge in [0.25, 0.3) is 0 Å². The monoisotopic (exact) mass is 1070 g/mol. The van der Waals surface area contributed by atoms with Crippen LogP contribution in [0.3, 0.4) is 0 Å². The fraction of sp³-hybridized carbons (Fsp3) is 0.732. The fourth-order valence-electron chi connectivity index (χ4n) is 9.13. The Labute approximate surface area is 477 Å². The summed E-state index contributed by atoms with van der Waals surface area (Å²) in [4.78, 5) is 38.3. The molecule has 0 saturated heterocycles. The third-order valence-electron chi connectivity index (χ3n) is 14.0. The number of rotatable bonds is 59. The van der Waals surface area contributed by atoms with Crippen LogP contribution in [0.1, 0.15) is 316 Å². The van der Waals surface area contributed by atoms with Crippen LogP contribution in [0.2, 0.25) is 0 Å². The molecule has 0 N–H and O–H groups in total. The summed E-state index contributed by atoms with van der Waals surface area (Å²) in [5.74, 6) is -0.901. The second-order valence-electron chi connectivity index (χ2n) is 21.6. The first kappa shape index (κ1) is 73.3. The molecule has 0 amide bonds. The van der Waals surface area contributed by atoms with Crippen LogP contribution in [-0.2, 0) is 28.6 Å². The molecule has 0 fully saturated rings. The molecule has 6 nitrogen and oxygen atoms in total. The van der Waals surface area contributed by atoms with Crippen molar-refractivity contribution in [2.45, 2.75) is 322 Å². The topological polar surface area (TPSA) is 78.9 Å². The highest BCUT2D eigenvalue weighted by Crippen LogP contribution is 2.16. The van der Waals surface area contributed by atoms with Crippen molar-refractivity contribution in [2.24, 2.45) is 0 Å². The first-order valence-electron chi connectivity index (χ1n) is 32.7. The zero-order valence-electron chi connectivity index (χ0n) is 50.7. The van der Waals surface area contributed by atoms with E-state index >= 15 is 0 Å². The maximum atomic E-state index is 12.9. The van der Waals surface area contributed by atoms with E-state index in [2.05, 4.69) is 118 Å². The van der Waals surface area contributed by atoms with E-state index in [4.69, 9.17) is 14.2 Å². The summed E-state index contributed by atoms with van der Waals surface area (Å²) in [5.41, 5.74) is 0. The lowest BCUT2D eigenvalue weighted by atomic mass is 10.0. The number of carbonyl (C=O) groups is 3. The van der Waals surface area contributed by atoms with Crippen molar-refractivity contribution in [3.05, 3.63) is 97.2 Å². The van der Waals surface area contributed by atoms with E-state index in [1.54, 1.807) is 0 Å². The lowest BCUT2D eigenvalue weighted by molar-refractivity contribution is -0.167. The van der Waals surface area contributed by atoms with Crippen LogP contribution in [0.15, 0.2) is 97.2 Å². The molecule has 0 aliphatic rings. The molecule has 0 heterocycles. The number of hydrogen-bond donors (Lipinski definition) is 0. The molecule has 0 aliphatic heterocycles. The smallest absolute Gasteiger partial charge is 0.306 e. The minimum atomic E-state index is -0.789. The highest BCUT2D eigenvalue weighted by molar-refractivity contribution is 5.71. The van der Waals surface area contributed by atoms with Gasteiger partial charge in [0.05, 0.1) is 0 Å². The Morgan fingerprint density at radius 3 is 0.844 bits per heavy atom. The number of esters is 3. The minimum absolute atomic E-state index is 0.0861. The molecule has 0 spiro atoms. The van der Waals surface area contributed by atoms with E-state index in [0.717, 1.165) is 116 Å². The molecular formula is C71H122O6. The van der Waals surface area contributed by atoms with Crippen LogP contribution in [0, 0.1) is 0 Å². The quantitative estimate of drug-likeness (QED) is 0.0261. The van der Waals surface area contributed by atoms with Gasteiger partial charge in [0.2, 0.25) is 0 Å². The van der Waals surface area contributed by atoms with E-state index < -0.39 is 6.10 Å². The van der Waals surface area contributed by atoms with Gasteiger partial charge < -0.3 is 14.2 Å². The molecule has 0 aliphatic carbocycles. The fourth-order valence-corrected chi connectivity index (χ4v) is 9.13. The zero-order chi connectivity index (χ0) is 55.7. The maximum absolute atomic E-state index is 12.9. The Bertz CT molecular complexity index is 1510. The second-order valence-corrected chi connectivity index (χ2v) is 21.6. The molecule has 0 aromatic heterocycles. The normalized spacial score (nSPS) is 12.7. The Hall–Kier alpha value is -3.67. The molecule has 0 rings (SSSR count). The van der Waals surface area contributed by atoms with Gasteiger partial charge in [0.1, 0.15) is 13.2 Å². The van der Waals surface area contributed by atoms with Crippen LogP contribution < -0.4 is 0 Å². The standard InChI is InChI=1S/C71H122O6/c1-4-7-10-13-16-19-22-24-26-28-30-32-34-35-37-38-40-42-44-46-49-52-55-58-61-64-70(73)76-67-68(66-75-69(72)63-60-57-54-51-48-21-18-15-12-9-6-3)77-71(74)65-62-59-56-53-50-47-45-43-41-39-36-33-31-29-27-25-23-20-17-14-11-8-5-2/h7,10,15-16,18-19,24,26,29-32,35,37,40,42,68H,4-6,8-9,11-14,17,20-23,25,27-28,33-34,36,38-39,41,43-67H2,1-3H3/b10-7-,18-15-,19-16-,26-24-,31-29-,32-30-,37-35-,42-40-. The third-order valence-corrected chi connectivity index (χ3v) is 14.0. The highest BCUT2D eigenvalue weighted by atomic mass is 16.6. The molecule has 0 bridgehead atoms. The van der Waals surface area contributed by atoms with Gasteiger partial charge in [-0.3, -0.25) is 14.4 Å². The lowest BCUT2D eigenvalue weighted by Crippen LogP contribution is -2.30. The Morgan fingerprint density at radius 2 is 0.519 bits per heavy atom. The minimum Gasteiger partial charge on any atom is -0.462 e. The van der Waals surface area contributed by atoms with E-state index in [-0.39, 0.29) is 31.1 Å². The summed E-state index contributed by atoms with van der Waals surface area (Å²) < 4.78 is 16.9. The average molecular weight is 1070 g/mol. The number of carbonyl (C=O) groups excluding carboxylic acids is 3. The third kappa shape index (κ3) is 63.0. The van der Waals surface area contributed by atoms with E-state index in [1.807, 2.05) is 0 Å². The van der Waals surface area contributed by atoms with Crippen LogP contribution >= 0.6 is 0 Å². The number of hydrogen-bond acceptors (Lipinski definition) is 6. The molecule has 77 heavy (non-hydrogen) atoms. The van der Waals surface area contributed by atoms with Gasteiger partial charge in [-0.15, -0.1) is 0 Å². The van der Waals surface area contributed by atoms with Crippen molar-refractivity contribution in [1.29, 1.82) is 0 Å². The van der Waals surface area contributed by atoms with Crippen molar-refractivity contribution in [3.8, 4) is 0 Å². The van der Waals surface area contributed by atoms with Gasteiger partial charge >= 0.3 is 17.9 Å². The van der Waals surface area contributed by atoms with Crippen molar-refractivity contribution in [1.82, 2.24) is 0 Å². The second kappa shape index (κ2) is 64.9. The van der Waals surface area contributed by atoms with E-state index in [0.29, 0.717) is 19.3 Å². The molecule has 6 heteroatoms. The Kier molecular flexibility index (Phi) is 61.8. The molecule has 0 radical (unpaired) electrons. The van der Waals surface area contributed by atoms with Gasteiger partial charge in [-0.05, 0) is 116 Å². The summed E-state index contributed by atoms with van der Waals surface area (Å²) in [5, 5.41) is 0. The van der Waals surface area contributed by atoms with Gasteiger partial charge in [-0.1, -0.05) is 279 Å². The van der Waals surface area contributed by atoms with Crippen molar-refractivity contribution in [2.75, 3.05) is 13.2 Å². The van der Waals surface area contributed by atoms with Crippen LogP contribution in [0.5, 0.6) is 0 Å². The van der Waals surface area contributed by atoms with Crippen molar-refractivity contribution in [3.63, 3.8) is 0 Å². The van der Waals surface area contributed by atoms with Crippen LogP contribution in [0.25, 0.3) is 0 Å². The Balaban J connectivity index is 4.31. The molecule has 0 aromatic carbocycles. The molecule has 1 unspecified atom stereocenters. The first-order chi connectivity index (χ1) is 38.0. The highest BCUT2D eigenvalue weighted by Gasteiger charge is 2.19.